The molecule has 0 amide bonds. The van der Waals surface area contributed by atoms with E-state index in [0.717, 1.165) is 5.56 Å². The van der Waals surface area contributed by atoms with Crippen LogP contribution in [0.3, 0.4) is 0 Å². The number of ether oxygens (including phenoxy) is 1. The summed E-state index contributed by atoms with van der Waals surface area (Å²) in [4.78, 5) is 4.21. The first-order chi connectivity index (χ1) is 8.67. The molecular weight excluding hydrogens is 254 g/mol. The molecule has 6 heteroatoms. The third-order valence-corrected chi connectivity index (χ3v) is 2.95. The maximum absolute atomic E-state index is 9.33. The summed E-state index contributed by atoms with van der Waals surface area (Å²) in [7, 11) is 1.57. The molecule has 2 aromatic rings. The van der Waals surface area contributed by atoms with E-state index >= 15 is 0 Å². The van der Waals surface area contributed by atoms with Crippen LogP contribution in [0.2, 0.25) is 5.15 Å². The molecule has 5 nitrogen and oxygen atoms in total. The third-order valence-electron chi connectivity index (χ3n) is 2.56. The van der Waals surface area contributed by atoms with Gasteiger partial charge in [-0.05, 0) is 24.6 Å². The van der Waals surface area contributed by atoms with Gasteiger partial charge < -0.3 is 9.84 Å². The van der Waals surface area contributed by atoms with Crippen molar-refractivity contribution in [1.29, 1.82) is 0 Å². The maximum atomic E-state index is 9.33. The molecule has 0 bridgehead atoms. The second-order valence-corrected chi connectivity index (χ2v) is 4.27. The molecule has 0 saturated heterocycles. The number of aromatic nitrogens is 3. The number of methoxy groups -OCH3 is 1. The summed E-state index contributed by atoms with van der Waals surface area (Å²) < 4.78 is 6.54. The normalized spacial score (nSPS) is 10.9. The minimum atomic E-state index is -0.177. The van der Waals surface area contributed by atoms with E-state index in [1.165, 1.54) is 4.68 Å². The molecule has 2 rings (SSSR count). The molecule has 0 fully saturated rings. The fourth-order valence-electron chi connectivity index (χ4n) is 1.67. The number of aryl methyl sites for hydroxylation is 1. The van der Waals surface area contributed by atoms with Gasteiger partial charge in [0.1, 0.15) is 5.15 Å². The van der Waals surface area contributed by atoms with Gasteiger partial charge in [0, 0.05) is 18.9 Å². The zero-order chi connectivity index (χ0) is 13.1. The van der Waals surface area contributed by atoms with Crippen molar-refractivity contribution < 1.29 is 9.84 Å². The Morgan fingerprint density at radius 3 is 2.89 bits per heavy atom. The molecule has 0 radical (unpaired) electrons. The molecule has 18 heavy (non-hydrogen) atoms. The summed E-state index contributed by atoms with van der Waals surface area (Å²) in [5.74, 6) is 0.622. The van der Waals surface area contributed by atoms with E-state index in [1.54, 1.807) is 13.3 Å². The van der Waals surface area contributed by atoms with Crippen molar-refractivity contribution in [2.45, 2.75) is 20.1 Å². The van der Waals surface area contributed by atoms with Gasteiger partial charge in [-0.15, -0.1) is 0 Å². The summed E-state index contributed by atoms with van der Waals surface area (Å²) in [5.41, 5.74) is 2.25. The molecule has 0 aromatic carbocycles. The van der Waals surface area contributed by atoms with Crippen LogP contribution in [0.1, 0.15) is 16.8 Å². The molecule has 0 aliphatic carbocycles. The van der Waals surface area contributed by atoms with Gasteiger partial charge in [-0.25, -0.2) is 9.67 Å². The molecule has 1 N–H and O–H groups in total. The van der Waals surface area contributed by atoms with E-state index in [0.29, 0.717) is 28.8 Å². The third kappa shape index (κ3) is 2.38. The Morgan fingerprint density at radius 2 is 2.28 bits per heavy atom. The molecular formula is C12H14ClN3O2. The van der Waals surface area contributed by atoms with E-state index in [1.807, 2.05) is 19.1 Å². The number of aliphatic hydroxyl groups is 1. The minimum Gasteiger partial charge on any atom is -0.391 e. The predicted molar refractivity (Wildman–Crippen MR) is 67.7 cm³/mol. The van der Waals surface area contributed by atoms with Crippen LogP contribution in [-0.2, 0) is 18.0 Å². The Morgan fingerprint density at radius 1 is 1.50 bits per heavy atom. The first kappa shape index (κ1) is 13.0. The van der Waals surface area contributed by atoms with Crippen molar-refractivity contribution in [1.82, 2.24) is 14.8 Å². The number of rotatable bonds is 4. The molecule has 0 atom stereocenters. The van der Waals surface area contributed by atoms with Crippen LogP contribution < -0.4 is 0 Å². The van der Waals surface area contributed by atoms with Crippen molar-refractivity contribution in [3.05, 3.63) is 40.3 Å². The van der Waals surface area contributed by atoms with Crippen LogP contribution in [0.4, 0.5) is 0 Å². The molecule has 0 aliphatic rings. The van der Waals surface area contributed by atoms with Crippen LogP contribution in [0.15, 0.2) is 18.3 Å². The number of nitrogens with zero attached hydrogens (tertiary/aromatic N) is 3. The lowest BCUT2D eigenvalue weighted by Crippen LogP contribution is -2.01. The highest BCUT2D eigenvalue weighted by Crippen LogP contribution is 2.23. The van der Waals surface area contributed by atoms with Crippen molar-refractivity contribution in [3.8, 4) is 5.82 Å². The average molecular weight is 268 g/mol. The predicted octanol–water partition coefficient (Wildman–Crippen LogP) is 1.87. The number of hydrogen-bond donors (Lipinski definition) is 1. The van der Waals surface area contributed by atoms with E-state index < -0.39 is 0 Å². The molecule has 2 aromatic heterocycles. The van der Waals surface area contributed by atoms with E-state index in [9.17, 15) is 5.11 Å². The largest absolute Gasteiger partial charge is 0.391 e. The molecule has 0 unspecified atom stereocenters. The topological polar surface area (TPSA) is 60.2 Å². The highest BCUT2D eigenvalue weighted by molar-refractivity contribution is 6.30. The number of aliphatic hydroxyl groups excluding tert-OH is 1. The second kappa shape index (κ2) is 5.48. The molecule has 2 heterocycles. The van der Waals surface area contributed by atoms with Gasteiger partial charge in [-0.1, -0.05) is 11.6 Å². The molecule has 0 aliphatic heterocycles. The fourth-order valence-corrected chi connectivity index (χ4v) is 1.96. The van der Waals surface area contributed by atoms with Crippen molar-refractivity contribution in [3.63, 3.8) is 0 Å². The molecule has 0 saturated carbocycles. The van der Waals surface area contributed by atoms with Gasteiger partial charge in [0.25, 0.3) is 0 Å². The monoisotopic (exact) mass is 267 g/mol. The quantitative estimate of drug-likeness (QED) is 0.919. The highest BCUT2D eigenvalue weighted by Gasteiger charge is 2.17. The van der Waals surface area contributed by atoms with Gasteiger partial charge in [0.15, 0.2) is 5.82 Å². The number of hydrogen-bond acceptors (Lipinski definition) is 4. The lowest BCUT2D eigenvalue weighted by atomic mass is 10.3. The van der Waals surface area contributed by atoms with Gasteiger partial charge in [0.2, 0.25) is 0 Å². The van der Waals surface area contributed by atoms with E-state index in [2.05, 4.69) is 10.1 Å². The van der Waals surface area contributed by atoms with Gasteiger partial charge in [-0.2, -0.15) is 5.10 Å². The standard InChI is InChI=1S/C12H14ClN3O2/c1-8-3-4-14-11(5-8)16-12(13)9(6-17)10(15-16)7-18-2/h3-5,17H,6-7H2,1-2H3. The van der Waals surface area contributed by atoms with Crippen molar-refractivity contribution >= 4 is 11.6 Å². The molecule has 96 valence electrons. The van der Waals surface area contributed by atoms with Crippen LogP contribution in [-0.4, -0.2) is 27.0 Å². The first-order valence-electron chi connectivity index (χ1n) is 5.46. The number of pyridine rings is 1. The number of halogens is 1. The van der Waals surface area contributed by atoms with Gasteiger partial charge >= 0.3 is 0 Å². The summed E-state index contributed by atoms with van der Waals surface area (Å²) in [6.45, 7) is 2.09. The smallest absolute Gasteiger partial charge is 0.155 e. The maximum Gasteiger partial charge on any atom is 0.155 e. The highest BCUT2D eigenvalue weighted by atomic mass is 35.5. The Balaban J connectivity index is 2.51. The Labute approximate surface area is 110 Å². The Hall–Kier alpha value is -1.43. The van der Waals surface area contributed by atoms with Crippen LogP contribution >= 0.6 is 11.6 Å². The van der Waals surface area contributed by atoms with Crippen LogP contribution in [0, 0.1) is 6.92 Å². The lowest BCUT2D eigenvalue weighted by molar-refractivity contribution is 0.178. The summed E-state index contributed by atoms with van der Waals surface area (Å²) in [6.07, 6.45) is 1.69. The Bertz CT molecular complexity index is 554. The van der Waals surface area contributed by atoms with Gasteiger partial charge in [0.05, 0.1) is 18.9 Å². The summed E-state index contributed by atoms with van der Waals surface area (Å²) >= 11 is 6.20. The zero-order valence-corrected chi connectivity index (χ0v) is 11.0. The van der Waals surface area contributed by atoms with Crippen molar-refractivity contribution in [2.24, 2.45) is 0 Å². The average Bonchev–Trinajstić information content (AvgIpc) is 2.66. The van der Waals surface area contributed by atoms with Gasteiger partial charge in [-0.3, -0.25) is 0 Å². The summed E-state index contributed by atoms with van der Waals surface area (Å²) in [5, 5.41) is 14.0. The van der Waals surface area contributed by atoms with Crippen LogP contribution in [0.5, 0.6) is 0 Å². The second-order valence-electron chi connectivity index (χ2n) is 3.91. The zero-order valence-electron chi connectivity index (χ0n) is 10.2. The van der Waals surface area contributed by atoms with Crippen LogP contribution in [0.25, 0.3) is 5.82 Å². The SMILES string of the molecule is COCc1nn(-c2cc(C)ccn2)c(Cl)c1CO. The van der Waals surface area contributed by atoms with E-state index in [-0.39, 0.29) is 6.61 Å². The van der Waals surface area contributed by atoms with Crippen molar-refractivity contribution in [2.75, 3.05) is 7.11 Å². The van der Waals surface area contributed by atoms with E-state index in [4.69, 9.17) is 16.3 Å². The molecule has 0 spiro atoms. The fraction of sp³-hybridized carbons (Fsp3) is 0.333. The lowest BCUT2D eigenvalue weighted by Gasteiger charge is -2.02. The summed E-state index contributed by atoms with van der Waals surface area (Å²) in [6, 6.07) is 3.76. The first-order valence-corrected chi connectivity index (χ1v) is 5.84. The minimum absolute atomic E-state index is 0.177. The Kier molecular flexibility index (Phi) is 3.96.